The maximum absolute atomic E-state index is 12.4. The van der Waals surface area contributed by atoms with Gasteiger partial charge in [0.25, 0.3) is 5.56 Å². The lowest BCUT2D eigenvalue weighted by Gasteiger charge is -2.38. The van der Waals surface area contributed by atoms with Crippen LogP contribution >= 0.6 is 0 Å². The third-order valence-electron chi connectivity index (χ3n) is 4.58. The van der Waals surface area contributed by atoms with Gasteiger partial charge in [0.1, 0.15) is 17.2 Å². The molecular formula is C18H23N5O3. The van der Waals surface area contributed by atoms with E-state index in [1.807, 2.05) is 33.8 Å². The first-order valence-electron chi connectivity index (χ1n) is 8.70. The Balaban J connectivity index is 1.85. The number of amides is 1. The first kappa shape index (κ1) is 18.0. The van der Waals surface area contributed by atoms with Crippen LogP contribution in [0.3, 0.4) is 0 Å². The number of rotatable bonds is 1. The minimum absolute atomic E-state index is 0.0241. The molecular weight excluding hydrogens is 334 g/mol. The number of aromatic nitrogens is 3. The molecule has 0 bridgehead atoms. The highest BCUT2D eigenvalue weighted by molar-refractivity contribution is 5.68. The zero-order valence-corrected chi connectivity index (χ0v) is 15.4. The number of nitriles is 1. The second kappa shape index (κ2) is 6.48. The minimum atomic E-state index is -0.532. The Kier molecular flexibility index (Phi) is 4.48. The van der Waals surface area contributed by atoms with Gasteiger partial charge in [-0.1, -0.05) is 0 Å². The number of nitrogens with zero attached hydrogens (tertiary/aromatic N) is 4. The summed E-state index contributed by atoms with van der Waals surface area (Å²) in [5.41, 5.74) is 0.725. The largest absolute Gasteiger partial charge is 0.444 e. The molecule has 1 N–H and O–H groups in total. The van der Waals surface area contributed by atoms with Crippen molar-refractivity contribution in [1.29, 1.82) is 5.26 Å². The third-order valence-corrected chi connectivity index (χ3v) is 4.58. The maximum Gasteiger partial charge on any atom is 0.410 e. The highest BCUT2D eigenvalue weighted by atomic mass is 16.6. The summed E-state index contributed by atoms with van der Waals surface area (Å²) in [6, 6.07) is 3.54. The van der Waals surface area contributed by atoms with E-state index in [0.717, 1.165) is 5.69 Å². The van der Waals surface area contributed by atoms with Gasteiger partial charge in [-0.3, -0.25) is 4.79 Å². The van der Waals surface area contributed by atoms with Crippen molar-refractivity contribution in [3.05, 3.63) is 33.9 Å². The topological polar surface area (TPSA) is 103 Å². The smallest absolute Gasteiger partial charge is 0.410 e. The standard InChI is InChI=1S/C18H23N5O3/c1-11-7-12(5-6-22(11)17(25)26-18(2,3)4)14-8-15(24)21-16-13(9-19)10-20-23(14)16/h8,10-12H,5-7H2,1-4H3,(H,21,24). The van der Waals surface area contributed by atoms with Crippen LogP contribution in [0, 0.1) is 11.3 Å². The summed E-state index contributed by atoms with van der Waals surface area (Å²) >= 11 is 0. The molecule has 0 spiro atoms. The Labute approximate surface area is 151 Å². The molecule has 8 heteroatoms. The molecule has 26 heavy (non-hydrogen) atoms. The number of nitrogens with one attached hydrogen (secondary N) is 1. The predicted molar refractivity (Wildman–Crippen MR) is 94.9 cm³/mol. The molecule has 2 unspecified atom stereocenters. The molecule has 138 valence electrons. The molecule has 1 aliphatic rings. The van der Waals surface area contributed by atoms with Crippen LogP contribution in [0.5, 0.6) is 0 Å². The summed E-state index contributed by atoms with van der Waals surface area (Å²) in [6.45, 7) is 8.06. The molecule has 0 radical (unpaired) electrons. The number of likely N-dealkylation sites (tertiary alicyclic amines) is 1. The molecule has 1 fully saturated rings. The van der Waals surface area contributed by atoms with Crippen LogP contribution < -0.4 is 5.56 Å². The van der Waals surface area contributed by atoms with Crippen molar-refractivity contribution < 1.29 is 9.53 Å². The summed E-state index contributed by atoms with van der Waals surface area (Å²) in [5, 5.41) is 13.4. The van der Waals surface area contributed by atoms with E-state index in [-0.39, 0.29) is 23.6 Å². The van der Waals surface area contributed by atoms with Gasteiger partial charge in [0.05, 0.1) is 11.9 Å². The second-order valence-electron chi connectivity index (χ2n) is 7.73. The van der Waals surface area contributed by atoms with E-state index >= 15 is 0 Å². The van der Waals surface area contributed by atoms with Gasteiger partial charge < -0.3 is 14.6 Å². The second-order valence-corrected chi connectivity index (χ2v) is 7.73. The van der Waals surface area contributed by atoms with Gasteiger partial charge in [0.15, 0.2) is 5.65 Å². The molecule has 8 nitrogen and oxygen atoms in total. The van der Waals surface area contributed by atoms with Crippen LogP contribution in [0.4, 0.5) is 4.79 Å². The number of piperidine rings is 1. The molecule has 3 heterocycles. The van der Waals surface area contributed by atoms with E-state index < -0.39 is 5.60 Å². The zero-order valence-electron chi connectivity index (χ0n) is 15.4. The van der Waals surface area contributed by atoms with E-state index in [1.165, 1.54) is 12.3 Å². The SMILES string of the molecule is CC1CC(c2cc(=O)[nH]c3c(C#N)cnn23)CCN1C(=O)OC(C)(C)C. The molecule has 2 aromatic heterocycles. The van der Waals surface area contributed by atoms with Crippen molar-refractivity contribution >= 4 is 11.7 Å². The van der Waals surface area contributed by atoms with Gasteiger partial charge in [-0.25, -0.2) is 9.31 Å². The molecule has 3 rings (SSSR count). The van der Waals surface area contributed by atoms with Gasteiger partial charge in [-0.05, 0) is 40.5 Å². The van der Waals surface area contributed by atoms with E-state index in [1.54, 1.807) is 9.42 Å². The molecule has 2 aromatic rings. The molecule has 1 saturated heterocycles. The lowest BCUT2D eigenvalue weighted by Crippen LogP contribution is -2.46. The third kappa shape index (κ3) is 3.43. The van der Waals surface area contributed by atoms with E-state index in [9.17, 15) is 9.59 Å². The van der Waals surface area contributed by atoms with Crippen LogP contribution in [0.1, 0.15) is 57.7 Å². The Morgan fingerprint density at radius 2 is 2.19 bits per heavy atom. The number of carbonyl (C=O) groups is 1. The number of H-pyrrole nitrogens is 1. The van der Waals surface area contributed by atoms with Gasteiger partial charge in [-0.2, -0.15) is 10.4 Å². The van der Waals surface area contributed by atoms with Crippen molar-refractivity contribution in [2.75, 3.05) is 6.54 Å². The molecule has 2 atom stereocenters. The van der Waals surface area contributed by atoms with Crippen molar-refractivity contribution in [2.45, 2.75) is 58.1 Å². The molecule has 1 amide bonds. The quantitative estimate of drug-likeness (QED) is 0.844. The minimum Gasteiger partial charge on any atom is -0.444 e. The summed E-state index contributed by atoms with van der Waals surface area (Å²) in [7, 11) is 0. The van der Waals surface area contributed by atoms with E-state index in [0.29, 0.717) is 30.6 Å². The zero-order chi connectivity index (χ0) is 19.1. The monoisotopic (exact) mass is 357 g/mol. The first-order chi connectivity index (χ1) is 12.2. The number of aromatic amines is 1. The van der Waals surface area contributed by atoms with Crippen LogP contribution in [0.25, 0.3) is 5.65 Å². The van der Waals surface area contributed by atoms with Crippen LogP contribution in [-0.4, -0.2) is 43.8 Å². The van der Waals surface area contributed by atoms with Gasteiger partial charge >= 0.3 is 6.09 Å². The normalized spacial score (nSPS) is 20.8. The Morgan fingerprint density at radius 3 is 2.81 bits per heavy atom. The Morgan fingerprint density at radius 1 is 1.46 bits per heavy atom. The van der Waals surface area contributed by atoms with Crippen LogP contribution in [0.2, 0.25) is 0 Å². The molecule has 1 aliphatic heterocycles. The number of carbonyl (C=O) groups excluding carboxylic acids is 1. The summed E-state index contributed by atoms with van der Waals surface area (Å²) in [5.74, 6) is 0.0694. The summed E-state index contributed by atoms with van der Waals surface area (Å²) in [6.07, 6.45) is 2.53. The fourth-order valence-corrected chi connectivity index (χ4v) is 3.42. The molecule has 0 aromatic carbocycles. The summed E-state index contributed by atoms with van der Waals surface area (Å²) in [4.78, 5) is 28.8. The lowest BCUT2D eigenvalue weighted by molar-refractivity contribution is 0.0102. The van der Waals surface area contributed by atoms with E-state index in [4.69, 9.17) is 10.00 Å². The van der Waals surface area contributed by atoms with Gasteiger partial charge in [-0.15, -0.1) is 0 Å². The first-order valence-corrected chi connectivity index (χ1v) is 8.70. The Bertz CT molecular complexity index is 931. The average molecular weight is 357 g/mol. The van der Waals surface area contributed by atoms with Crippen LogP contribution in [-0.2, 0) is 4.74 Å². The fraction of sp³-hybridized carbons (Fsp3) is 0.556. The molecule has 0 saturated carbocycles. The van der Waals surface area contributed by atoms with Gasteiger partial charge in [0.2, 0.25) is 0 Å². The van der Waals surface area contributed by atoms with E-state index in [2.05, 4.69) is 10.1 Å². The number of hydrogen-bond donors (Lipinski definition) is 1. The lowest BCUT2D eigenvalue weighted by atomic mass is 9.89. The highest BCUT2D eigenvalue weighted by Gasteiger charge is 2.33. The summed E-state index contributed by atoms with van der Waals surface area (Å²) < 4.78 is 7.10. The van der Waals surface area contributed by atoms with Crippen LogP contribution in [0.15, 0.2) is 17.1 Å². The average Bonchev–Trinajstić information content (AvgIpc) is 2.94. The fourth-order valence-electron chi connectivity index (χ4n) is 3.42. The van der Waals surface area contributed by atoms with Crippen molar-refractivity contribution in [2.24, 2.45) is 0 Å². The number of ether oxygens (including phenoxy) is 1. The molecule has 0 aliphatic carbocycles. The van der Waals surface area contributed by atoms with Crippen molar-refractivity contribution in [3.8, 4) is 6.07 Å². The number of fused-ring (bicyclic) bond motifs is 1. The predicted octanol–water partition coefficient (Wildman–Crippen LogP) is 2.40. The Hall–Kier alpha value is -2.82. The van der Waals surface area contributed by atoms with Crippen molar-refractivity contribution in [3.63, 3.8) is 0 Å². The maximum atomic E-state index is 12.4. The van der Waals surface area contributed by atoms with Crippen molar-refractivity contribution in [1.82, 2.24) is 19.5 Å². The highest BCUT2D eigenvalue weighted by Crippen LogP contribution is 2.32. The number of hydrogen-bond acceptors (Lipinski definition) is 5. The van der Waals surface area contributed by atoms with Gasteiger partial charge in [0, 0.05) is 24.6 Å².